The molecule has 0 saturated heterocycles. The van der Waals surface area contributed by atoms with E-state index in [0.717, 1.165) is 4.74 Å². The van der Waals surface area contributed by atoms with Gasteiger partial charge < -0.3 is 5.11 Å². The second-order valence-electron chi connectivity index (χ2n) is 5.43. The van der Waals surface area contributed by atoms with Crippen molar-refractivity contribution in [2.24, 2.45) is 0 Å². The van der Waals surface area contributed by atoms with Crippen molar-refractivity contribution in [1.29, 1.82) is 0 Å². The van der Waals surface area contributed by atoms with Crippen LogP contribution in [0.5, 0.6) is 0 Å². The summed E-state index contributed by atoms with van der Waals surface area (Å²) < 4.78 is 256. The molecule has 1 unspecified atom stereocenters. The normalized spacial score (nSPS) is 17.2. The maximum absolute atomic E-state index is 13.0. The predicted octanol–water partition coefficient (Wildman–Crippen LogP) is 5.71. The van der Waals surface area contributed by atoms with Crippen molar-refractivity contribution in [3.63, 3.8) is 0 Å². The maximum Gasteiger partial charge on any atom is 0.460 e. The Balaban J connectivity index is 6.09. The van der Waals surface area contributed by atoms with Crippen molar-refractivity contribution in [2.75, 3.05) is 0 Å². The first-order valence-corrected chi connectivity index (χ1v) is 6.83. The van der Waals surface area contributed by atoms with Crippen LogP contribution in [0.1, 0.15) is 0 Å². The van der Waals surface area contributed by atoms with Crippen LogP contribution in [0.25, 0.3) is 0 Å². The van der Waals surface area contributed by atoms with Crippen LogP contribution < -0.4 is 0 Å². The molecule has 0 aliphatic heterocycles. The van der Waals surface area contributed by atoms with Gasteiger partial charge >= 0.3 is 54.7 Å². The minimum Gasteiger partial charge on any atom is -0.357 e. The summed E-state index contributed by atoms with van der Waals surface area (Å²) in [5.41, 5.74) is 0. The first kappa shape index (κ1) is 32.4. The molecule has 0 aromatic rings. The smallest absolute Gasteiger partial charge is 0.357 e. The van der Waals surface area contributed by atoms with Crippen molar-refractivity contribution >= 4 is 0 Å². The molecular weight excluding hydrogens is 564 g/mol. The lowest BCUT2D eigenvalue weighted by atomic mass is 10.1. The molecule has 0 amide bonds. The fourth-order valence-electron chi connectivity index (χ4n) is 1.20. The molecule has 1 N–H and O–H groups in total. The number of alkyl halides is 20. The van der Waals surface area contributed by atoms with E-state index in [1.54, 1.807) is 4.74 Å². The minimum absolute atomic E-state index is 1.10. The highest BCUT2D eigenvalue weighted by Crippen LogP contribution is 2.56. The SMILES string of the molecule is OC(F)C(F)(F)OC(F)(F)C(F)(F)OC(F)(F)C(F)(F)OC(F)(F)C(F)(F)C(F)(F)C(F)(F)F. The zero-order valence-electron chi connectivity index (χ0n) is 14.3. The molecular formula is C10H2F20O4. The largest absolute Gasteiger partial charge is 0.460 e. The minimum atomic E-state index is -8.22. The van der Waals surface area contributed by atoms with E-state index >= 15 is 0 Å². The lowest BCUT2D eigenvalue weighted by Gasteiger charge is -2.37. The zero-order valence-corrected chi connectivity index (χ0v) is 14.3. The summed E-state index contributed by atoms with van der Waals surface area (Å²) in [6.45, 7) is 0. The first-order valence-electron chi connectivity index (χ1n) is 6.83. The average Bonchev–Trinajstić information content (AvgIpc) is 2.49. The molecule has 0 bridgehead atoms. The Morgan fingerprint density at radius 1 is 0.412 bits per heavy atom. The van der Waals surface area contributed by atoms with Crippen LogP contribution in [0.15, 0.2) is 0 Å². The molecule has 0 saturated carbocycles. The Bertz CT molecular complexity index is 711. The Hall–Kier alpha value is -1.56. The molecule has 0 aromatic carbocycles. The molecule has 0 radical (unpaired) electrons. The Labute approximate surface area is 169 Å². The van der Waals surface area contributed by atoms with Crippen molar-refractivity contribution in [3.05, 3.63) is 0 Å². The second kappa shape index (κ2) is 8.53. The van der Waals surface area contributed by atoms with Gasteiger partial charge in [0.1, 0.15) is 0 Å². The molecule has 206 valence electrons. The zero-order chi connectivity index (χ0) is 28.2. The van der Waals surface area contributed by atoms with Crippen LogP contribution >= 0.6 is 0 Å². The molecule has 0 fully saturated rings. The van der Waals surface area contributed by atoms with E-state index in [1.165, 1.54) is 4.74 Å². The van der Waals surface area contributed by atoms with Gasteiger partial charge in [0, 0.05) is 0 Å². The van der Waals surface area contributed by atoms with Gasteiger partial charge in [-0.25, -0.2) is 18.6 Å². The van der Waals surface area contributed by atoms with Gasteiger partial charge in [-0.2, -0.15) is 83.4 Å². The van der Waals surface area contributed by atoms with Gasteiger partial charge in [-0.05, 0) is 0 Å². The number of ether oxygens (including phenoxy) is 3. The summed E-state index contributed by atoms with van der Waals surface area (Å²) in [6.07, 6.45) is -58.0. The van der Waals surface area contributed by atoms with Crippen molar-refractivity contribution in [1.82, 2.24) is 0 Å². The number of hydrogen-bond donors (Lipinski definition) is 1. The number of hydrogen-bond acceptors (Lipinski definition) is 4. The summed E-state index contributed by atoms with van der Waals surface area (Å²) in [6, 6.07) is 0. The monoisotopic (exact) mass is 566 g/mol. The quantitative estimate of drug-likeness (QED) is 0.326. The highest BCUT2D eigenvalue weighted by atomic mass is 19.4. The average molecular weight is 566 g/mol. The van der Waals surface area contributed by atoms with E-state index in [2.05, 4.69) is 0 Å². The third-order valence-corrected chi connectivity index (χ3v) is 2.85. The summed E-state index contributed by atoms with van der Waals surface area (Å²) in [4.78, 5) is 0. The third kappa shape index (κ3) is 5.80. The Morgan fingerprint density at radius 3 is 0.941 bits per heavy atom. The van der Waals surface area contributed by atoms with E-state index in [9.17, 15) is 87.8 Å². The predicted molar refractivity (Wildman–Crippen MR) is 56.0 cm³/mol. The van der Waals surface area contributed by atoms with E-state index in [4.69, 9.17) is 5.11 Å². The van der Waals surface area contributed by atoms with Crippen LogP contribution in [0.2, 0.25) is 0 Å². The summed E-state index contributed by atoms with van der Waals surface area (Å²) in [5.74, 6) is -16.3. The van der Waals surface area contributed by atoms with Crippen molar-refractivity contribution in [3.8, 4) is 0 Å². The molecule has 1 atom stereocenters. The highest BCUT2D eigenvalue weighted by Gasteiger charge is 2.85. The van der Waals surface area contributed by atoms with Crippen LogP contribution in [-0.2, 0) is 14.2 Å². The van der Waals surface area contributed by atoms with Gasteiger partial charge in [-0.1, -0.05) is 0 Å². The highest BCUT2D eigenvalue weighted by molar-refractivity contribution is 4.97. The van der Waals surface area contributed by atoms with Gasteiger partial charge in [0.05, 0.1) is 0 Å². The Morgan fingerprint density at radius 2 is 0.676 bits per heavy atom. The van der Waals surface area contributed by atoms with E-state index in [1.807, 2.05) is 0 Å². The first-order chi connectivity index (χ1) is 14.3. The van der Waals surface area contributed by atoms with Crippen molar-refractivity contribution in [2.45, 2.75) is 61.0 Å². The maximum atomic E-state index is 13.0. The van der Waals surface area contributed by atoms with E-state index in [0.29, 0.717) is 0 Å². The fourth-order valence-corrected chi connectivity index (χ4v) is 1.20. The van der Waals surface area contributed by atoms with Crippen LogP contribution in [0.3, 0.4) is 0 Å². The lowest BCUT2D eigenvalue weighted by molar-refractivity contribution is -0.571. The number of rotatable bonds is 11. The third-order valence-electron chi connectivity index (χ3n) is 2.85. The van der Waals surface area contributed by atoms with Gasteiger partial charge in [-0.15, -0.1) is 0 Å². The molecule has 34 heavy (non-hydrogen) atoms. The second-order valence-corrected chi connectivity index (χ2v) is 5.43. The van der Waals surface area contributed by atoms with E-state index < -0.39 is 61.0 Å². The Kier molecular flexibility index (Phi) is 8.14. The number of halogens is 20. The van der Waals surface area contributed by atoms with E-state index in [-0.39, 0.29) is 0 Å². The van der Waals surface area contributed by atoms with Crippen LogP contribution in [0, 0.1) is 0 Å². The van der Waals surface area contributed by atoms with Crippen LogP contribution in [0.4, 0.5) is 87.8 Å². The molecule has 24 heteroatoms. The number of aliphatic hydroxyl groups is 1. The van der Waals surface area contributed by atoms with Crippen LogP contribution in [-0.4, -0.2) is 66.1 Å². The molecule has 0 aliphatic carbocycles. The summed E-state index contributed by atoms with van der Waals surface area (Å²) in [5, 5.41) is 7.65. The fraction of sp³-hybridized carbons (Fsp3) is 1.00. The van der Waals surface area contributed by atoms with Crippen molar-refractivity contribution < 1.29 is 107 Å². The molecule has 0 spiro atoms. The lowest BCUT2D eigenvalue weighted by Crippen LogP contribution is -2.65. The number of aliphatic hydroxyl groups excluding tert-OH is 1. The van der Waals surface area contributed by atoms with Gasteiger partial charge in [-0.3, -0.25) is 0 Å². The summed E-state index contributed by atoms with van der Waals surface area (Å²) >= 11 is 0. The molecule has 0 aromatic heterocycles. The molecule has 0 rings (SSSR count). The standard InChI is InChI=1S/C10H2F20O4/c11-1(31)2(12,13)32-7(23,24)8(25,26)34-10(29,30)9(27,28)33-6(21,22)4(16,17)3(14,15)5(18,19)20/h1,31H. The van der Waals surface area contributed by atoms with Gasteiger partial charge in [0.15, 0.2) is 0 Å². The molecule has 0 aliphatic rings. The molecule has 4 nitrogen and oxygen atoms in total. The topological polar surface area (TPSA) is 47.9 Å². The van der Waals surface area contributed by atoms with Gasteiger partial charge in [0.25, 0.3) is 6.36 Å². The summed E-state index contributed by atoms with van der Waals surface area (Å²) in [7, 11) is 0. The van der Waals surface area contributed by atoms with Gasteiger partial charge in [0.2, 0.25) is 0 Å². The molecule has 0 heterocycles.